The highest BCUT2D eigenvalue weighted by molar-refractivity contribution is 7.99. The van der Waals surface area contributed by atoms with Gasteiger partial charge in [-0.1, -0.05) is 30.0 Å². The van der Waals surface area contributed by atoms with Gasteiger partial charge in [0.1, 0.15) is 5.82 Å². The van der Waals surface area contributed by atoms with Crippen LogP contribution in [0, 0.1) is 0 Å². The molecule has 1 aromatic heterocycles. The topological polar surface area (TPSA) is 48.5 Å². The number of pyridine rings is 1. The quantitative estimate of drug-likeness (QED) is 0.783. The summed E-state index contributed by atoms with van der Waals surface area (Å²) in [6.45, 7) is 3.32. The van der Waals surface area contributed by atoms with Crippen LogP contribution >= 0.6 is 11.8 Å². The number of rotatable bonds is 6. The third-order valence-electron chi connectivity index (χ3n) is 4.09. The summed E-state index contributed by atoms with van der Waals surface area (Å²) in [5.74, 6) is -1.78. The zero-order chi connectivity index (χ0) is 18.4. The van der Waals surface area contributed by atoms with Crippen molar-refractivity contribution in [3.05, 3.63) is 48.7 Å². The normalized spacial score (nSPS) is 15.3. The Balaban J connectivity index is 1.51. The lowest BCUT2D eigenvalue weighted by molar-refractivity contribution is -0.117. The zero-order valence-corrected chi connectivity index (χ0v) is 15.0. The summed E-state index contributed by atoms with van der Waals surface area (Å²) in [6, 6.07) is 12.4. The maximum absolute atomic E-state index is 12.6. The van der Waals surface area contributed by atoms with Crippen molar-refractivity contribution >= 4 is 29.2 Å². The van der Waals surface area contributed by atoms with Crippen molar-refractivity contribution in [1.82, 2.24) is 9.88 Å². The van der Waals surface area contributed by atoms with Crippen molar-refractivity contribution in [3.8, 4) is 0 Å². The number of thioether (sulfide) groups is 1. The second kappa shape index (κ2) is 8.95. The molecule has 1 N–H and O–H groups in total. The van der Waals surface area contributed by atoms with Crippen LogP contribution in [0.25, 0.3) is 0 Å². The molecule has 0 spiro atoms. The fourth-order valence-electron chi connectivity index (χ4n) is 2.84. The Morgan fingerprint density at radius 3 is 2.54 bits per heavy atom. The monoisotopic (exact) mass is 378 g/mol. The van der Waals surface area contributed by atoms with Crippen LogP contribution in [0.1, 0.15) is 0 Å². The van der Waals surface area contributed by atoms with Crippen molar-refractivity contribution in [2.75, 3.05) is 42.9 Å². The first-order valence-corrected chi connectivity index (χ1v) is 9.22. The summed E-state index contributed by atoms with van der Waals surface area (Å²) in [5, 5.41) is 2.75. The van der Waals surface area contributed by atoms with Gasteiger partial charge in [-0.3, -0.25) is 9.69 Å². The molecular weight excluding hydrogens is 358 g/mol. The van der Waals surface area contributed by atoms with E-state index in [1.165, 1.54) is 0 Å². The molecule has 5 nitrogen and oxygen atoms in total. The van der Waals surface area contributed by atoms with Gasteiger partial charge in [-0.15, -0.1) is 0 Å². The van der Waals surface area contributed by atoms with Crippen molar-refractivity contribution in [2.24, 2.45) is 0 Å². The number of benzene rings is 1. The first-order valence-electron chi connectivity index (χ1n) is 8.34. The van der Waals surface area contributed by atoms with E-state index >= 15 is 0 Å². The number of anilines is 2. The van der Waals surface area contributed by atoms with Gasteiger partial charge in [0.2, 0.25) is 5.91 Å². The second-order valence-corrected chi connectivity index (χ2v) is 6.91. The number of carbonyl (C=O) groups excluding carboxylic acids is 1. The highest BCUT2D eigenvalue weighted by atomic mass is 32.2. The van der Waals surface area contributed by atoms with Gasteiger partial charge in [0, 0.05) is 37.3 Å². The predicted molar refractivity (Wildman–Crippen MR) is 99.8 cm³/mol. The van der Waals surface area contributed by atoms with Gasteiger partial charge < -0.3 is 10.2 Å². The van der Waals surface area contributed by atoms with Crippen molar-refractivity contribution in [3.63, 3.8) is 0 Å². The second-order valence-electron chi connectivity index (χ2n) is 5.87. The number of halogens is 2. The number of carbonyl (C=O) groups is 1. The molecule has 0 bridgehead atoms. The number of aromatic nitrogens is 1. The zero-order valence-electron chi connectivity index (χ0n) is 14.1. The average molecular weight is 378 g/mol. The van der Waals surface area contributed by atoms with E-state index in [-0.39, 0.29) is 12.5 Å². The van der Waals surface area contributed by atoms with E-state index in [4.69, 9.17) is 0 Å². The van der Waals surface area contributed by atoms with Gasteiger partial charge in [0.15, 0.2) is 0 Å². The number of piperazine rings is 1. The van der Waals surface area contributed by atoms with Crippen molar-refractivity contribution < 1.29 is 13.6 Å². The predicted octanol–water partition coefficient (Wildman–Crippen LogP) is 3.16. The molecular formula is C18H20F2N4OS. The Labute approximate surface area is 155 Å². The van der Waals surface area contributed by atoms with E-state index in [2.05, 4.69) is 20.1 Å². The maximum atomic E-state index is 12.6. The summed E-state index contributed by atoms with van der Waals surface area (Å²) in [6.07, 6.45) is 1.77. The molecule has 0 saturated carbocycles. The fourth-order valence-corrected chi connectivity index (χ4v) is 3.43. The minimum absolute atomic E-state index is 0.196. The Morgan fingerprint density at radius 2 is 1.85 bits per heavy atom. The molecule has 1 aliphatic rings. The summed E-state index contributed by atoms with van der Waals surface area (Å²) in [7, 11) is 0. The molecule has 8 heteroatoms. The molecule has 3 rings (SSSR count). The molecule has 0 aliphatic carbocycles. The molecule has 1 aliphatic heterocycles. The molecule has 2 heterocycles. The molecule has 0 unspecified atom stereocenters. The number of hydrogen-bond donors (Lipinski definition) is 1. The van der Waals surface area contributed by atoms with E-state index in [1.54, 1.807) is 30.5 Å². The van der Waals surface area contributed by atoms with Crippen LogP contribution in [0.2, 0.25) is 0 Å². The smallest absolute Gasteiger partial charge is 0.288 e. The lowest BCUT2D eigenvalue weighted by Gasteiger charge is -2.34. The minimum atomic E-state index is -2.52. The van der Waals surface area contributed by atoms with E-state index in [9.17, 15) is 13.6 Å². The maximum Gasteiger partial charge on any atom is 0.288 e. The van der Waals surface area contributed by atoms with Gasteiger partial charge in [-0.2, -0.15) is 8.78 Å². The number of para-hydroxylation sites is 1. The van der Waals surface area contributed by atoms with E-state index in [1.807, 2.05) is 18.2 Å². The van der Waals surface area contributed by atoms with Crippen LogP contribution in [0.15, 0.2) is 53.6 Å². The Hall–Kier alpha value is -2.19. The van der Waals surface area contributed by atoms with Crippen LogP contribution < -0.4 is 10.2 Å². The van der Waals surface area contributed by atoms with Crippen LogP contribution in [0.5, 0.6) is 0 Å². The number of nitrogens with zero attached hydrogens (tertiary/aromatic N) is 3. The Bertz CT molecular complexity index is 724. The first kappa shape index (κ1) is 18.6. The molecule has 1 saturated heterocycles. The van der Waals surface area contributed by atoms with Gasteiger partial charge in [-0.25, -0.2) is 4.98 Å². The molecule has 1 amide bonds. The fraction of sp³-hybridized carbons (Fsp3) is 0.333. The lowest BCUT2D eigenvalue weighted by atomic mass is 10.3. The van der Waals surface area contributed by atoms with E-state index in [0.717, 1.165) is 32.0 Å². The lowest BCUT2D eigenvalue weighted by Crippen LogP contribution is -2.48. The summed E-state index contributed by atoms with van der Waals surface area (Å²) in [4.78, 5) is 21.2. The minimum Gasteiger partial charge on any atom is -0.354 e. The largest absolute Gasteiger partial charge is 0.354 e. The molecule has 2 aromatic rings. The first-order chi connectivity index (χ1) is 12.6. The number of amides is 1. The van der Waals surface area contributed by atoms with E-state index in [0.29, 0.717) is 22.3 Å². The number of hydrogen-bond acceptors (Lipinski definition) is 5. The summed E-state index contributed by atoms with van der Waals surface area (Å²) < 4.78 is 25.2. The van der Waals surface area contributed by atoms with Crippen LogP contribution in [-0.4, -0.2) is 54.3 Å². The molecule has 138 valence electrons. The Kier molecular flexibility index (Phi) is 6.40. The highest BCUT2D eigenvalue weighted by Gasteiger charge is 2.20. The van der Waals surface area contributed by atoms with Gasteiger partial charge >= 0.3 is 0 Å². The number of alkyl halides is 2. The average Bonchev–Trinajstić information content (AvgIpc) is 2.64. The molecule has 1 fully saturated rings. The highest BCUT2D eigenvalue weighted by Crippen LogP contribution is 2.31. The van der Waals surface area contributed by atoms with E-state index < -0.39 is 5.76 Å². The van der Waals surface area contributed by atoms with Crippen LogP contribution in [0.4, 0.5) is 20.3 Å². The summed E-state index contributed by atoms with van der Waals surface area (Å²) >= 11 is 0.436. The standard InChI is InChI=1S/C18H20F2N4OS/c19-18(20)26-15-6-2-1-5-14(15)22-17(25)13-23-9-11-24(12-10-23)16-7-3-4-8-21-16/h1-8,18H,9-13H2,(H,22,25). The van der Waals surface area contributed by atoms with Crippen molar-refractivity contribution in [1.29, 1.82) is 0 Å². The van der Waals surface area contributed by atoms with Crippen LogP contribution in [-0.2, 0) is 4.79 Å². The van der Waals surface area contributed by atoms with Gasteiger partial charge in [0.25, 0.3) is 5.76 Å². The van der Waals surface area contributed by atoms with Gasteiger partial charge in [-0.05, 0) is 24.3 Å². The molecule has 26 heavy (non-hydrogen) atoms. The molecule has 1 aromatic carbocycles. The molecule has 0 radical (unpaired) electrons. The SMILES string of the molecule is O=C(CN1CCN(c2ccccn2)CC1)Nc1ccccc1SC(F)F. The molecule has 0 atom stereocenters. The third-order valence-corrected chi connectivity index (χ3v) is 4.88. The van der Waals surface area contributed by atoms with Crippen molar-refractivity contribution in [2.45, 2.75) is 10.7 Å². The van der Waals surface area contributed by atoms with Crippen LogP contribution in [0.3, 0.4) is 0 Å². The van der Waals surface area contributed by atoms with Gasteiger partial charge in [0.05, 0.1) is 12.2 Å². The number of nitrogens with one attached hydrogen (secondary N) is 1. The summed E-state index contributed by atoms with van der Waals surface area (Å²) in [5.41, 5.74) is 0.426. The Morgan fingerprint density at radius 1 is 1.12 bits per heavy atom. The third kappa shape index (κ3) is 5.15.